The Balaban J connectivity index is 1.31. The van der Waals surface area contributed by atoms with E-state index in [1.807, 2.05) is 24.3 Å². The SMILES string of the molecule is C[C@@H]1[C@H]2[C@@H]3CC[C@@H](C3)[C@H]2CN(Cc2ccc([N+](=O)[O-])cc2)[C@H]1c1cn(Cc2ccccc2)c2ccc(F)cc12. The maximum Gasteiger partial charge on any atom is 0.269 e. The molecule has 1 aromatic heterocycles. The smallest absolute Gasteiger partial charge is 0.269 e. The Bertz CT molecular complexity index is 1520. The molecular weight excluding hydrogens is 489 g/mol. The highest BCUT2D eigenvalue weighted by atomic mass is 19.1. The normalized spacial score (nSPS) is 28.2. The second-order valence-electron chi connectivity index (χ2n) is 12.1. The van der Waals surface area contributed by atoms with E-state index >= 15 is 0 Å². The highest BCUT2D eigenvalue weighted by Gasteiger charge is 2.55. The van der Waals surface area contributed by atoms with Crippen molar-refractivity contribution in [2.24, 2.45) is 29.6 Å². The fourth-order valence-corrected chi connectivity index (χ4v) is 8.52. The van der Waals surface area contributed by atoms with Crippen LogP contribution in [0.15, 0.2) is 79.0 Å². The van der Waals surface area contributed by atoms with Crippen LogP contribution in [0.3, 0.4) is 0 Å². The molecule has 5 nitrogen and oxygen atoms in total. The molecule has 200 valence electrons. The third-order valence-corrected chi connectivity index (χ3v) is 10.0. The first-order chi connectivity index (χ1) is 19.0. The van der Waals surface area contributed by atoms with Gasteiger partial charge in [-0.1, -0.05) is 49.4 Å². The van der Waals surface area contributed by atoms with Crippen molar-refractivity contribution in [3.63, 3.8) is 0 Å². The Morgan fingerprint density at radius 1 is 0.949 bits per heavy atom. The Morgan fingerprint density at radius 3 is 2.46 bits per heavy atom. The van der Waals surface area contributed by atoms with Crippen molar-refractivity contribution in [3.8, 4) is 0 Å². The maximum absolute atomic E-state index is 14.7. The molecule has 2 bridgehead atoms. The van der Waals surface area contributed by atoms with E-state index < -0.39 is 0 Å². The number of rotatable bonds is 6. The molecule has 6 atom stereocenters. The lowest BCUT2D eigenvalue weighted by molar-refractivity contribution is -0.384. The number of benzene rings is 3. The molecule has 1 aliphatic heterocycles. The van der Waals surface area contributed by atoms with E-state index in [1.54, 1.807) is 24.3 Å². The fraction of sp³-hybridized carbons (Fsp3) is 0.394. The van der Waals surface area contributed by atoms with Crippen LogP contribution in [0.1, 0.15) is 48.9 Å². The largest absolute Gasteiger partial charge is 0.343 e. The molecule has 39 heavy (non-hydrogen) atoms. The van der Waals surface area contributed by atoms with E-state index in [4.69, 9.17) is 0 Å². The third kappa shape index (κ3) is 4.26. The summed E-state index contributed by atoms with van der Waals surface area (Å²) in [6.07, 6.45) is 6.31. The molecule has 3 aliphatic rings. The van der Waals surface area contributed by atoms with Crippen molar-refractivity contribution < 1.29 is 9.31 Å². The molecule has 3 fully saturated rings. The van der Waals surface area contributed by atoms with E-state index in [9.17, 15) is 14.5 Å². The standard InChI is InChI=1S/C33H34FN3O2/c1-21-32-25-10-9-24(15-25)29(32)19-36(18-23-7-12-27(13-8-23)37(38)39)33(21)30-20-35(17-22-5-3-2-4-6-22)31-14-11-26(34)16-28(30)31/h2-8,11-14,16,20-21,24-25,29,32-33H,9-10,15,17-19H2,1H3/t21-,24+,25-,29-,32+,33-/m1/s1. The molecule has 0 N–H and O–H groups in total. The van der Waals surface area contributed by atoms with Gasteiger partial charge in [0, 0.05) is 54.9 Å². The van der Waals surface area contributed by atoms with Gasteiger partial charge >= 0.3 is 0 Å². The number of nitro benzene ring substituents is 1. The molecular formula is C33H34FN3O2. The van der Waals surface area contributed by atoms with Crippen LogP contribution in [0.5, 0.6) is 0 Å². The van der Waals surface area contributed by atoms with Gasteiger partial charge in [-0.05, 0) is 83.7 Å². The Kier molecular flexibility index (Phi) is 6.03. The Hall–Kier alpha value is -3.51. The summed E-state index contributed by atoms with van der Waals surface area (Å²) in [6.45, 7) is 4.92. The van der Waals surface area contributed by atoms with Gasteiger partial charge in [0.15, 0.2) is 0 Å². The number of nitrogens with zero attached hydrogens (tertiary/aromatic N) is 3. The number of fused-ring (bicyclic) bond motifs is 6. The van der Waals surface area contributed by atoms with Gasteiger partial charge in [-0.25, -0.2) is 4.39 Å². The van der Waals surface area contributed by atoms with Crippen LogP contribution < -0.4 is 0 Å². The molecule has 0 radical (unpaired) electrons. The first kappa shape index (κ1) is 24.5. The van der Waals surface area contributed by atoms with Gasteiger partial charge in [0.05, 0.1) is 4.92 Å². The first-order valence-corrected chi connectivity index (χ1v) is 14.3. The van der Waals surface area contributed by atoms with Crippen LogP contribution in [0.25, 0.3) is 10.9 Å². The summed E-state index contributed by atoms with van der Waals surface area (Å²) in [5.74, 6) is 3.24. The zero-order valence-electron chi connectivity index (χ0n) is 22.2. The number of piperidine rings is 1. The molecule has 0 spiro atoms. The zero-order valence-corrected chi connectivity index (χ0v) is 22.2. The van der Waals surface area contributed by atoms with Crippen LogP contribution in [0.4, 0.5) is 10.1 Å². The van der Waals surface area contributed by atoms with Crippen molar-refractivity contribution in [1.82, 2.24) is 9.47 Å². The van der Waals surface area contributed by atoms with Crippen molar-refractivity contribution in [2.45, 2.75) is 45.3 Å². The number of halogens is 1. The van der Waals surface area contributed by atoms with E-state index in [0.29, 0.717) is 17.8 Å². The second-order valence-corrected chi connectivity index (χ2v) is 12.1. The van der Waals surface area contributed by atoms with Crippen LogP contribution >= 0.6 is 0 Å². The number of hydrogen-bond acceptors (Lipinski definition) is 3. The summed E-state index contributed by atoms with van der Waals surface area (Å²) >= 11 is 0. The molecule has 3 aromatic carbocycles. The average molecular weight is 524 g/mol. The summed E-state index contributed by atoms with van der Waals surface area (Å²) in [6, 6.07) is 22.8. The minimum absolute atomic E-state index is 0.120. The van der Waals surface area contributed by atoms with E-state index in [0.717, 1.165) is 47.9 Å². The Labute approximate surface area is 228 Å². The number of hydrogen-bond donors (Lipinski definition) is 0. The summed E-state index contributed by atoms with van der Waals surface area (Å²) in [5, 5.41) is 12.2. The predicted molar refractivity (Wildman–Crippen MR) is 151 cm³/mol. The summed E-state index contributed by atoms with van der Waals surface area (Å²) in [7, 11) is 0. The lowest BCUT2D eigenvalue weighted by Crippen LogP contribution is -2.49. The molecule has 7 rings (SSSR count). The lowest BCUT2D eigenvalue weighted by atomic mass is 9.66. The minimum atomic E-state index is -0.342. The molecule has 6 heteroatoms. The number of non-ortho nitro benzene ring substituents is 1. The highest BCUT2D eigenvalue weighted by molar-refractivity contribution is 5.85. The van der Waals surface area contributed by atoms with Gasteiger partial charge < -0.3 is 4.57 Å². The van der Waals surface area contributed by atoms with Gasteiger partial charge in [0.2, 0.25) is 0 Å². The second kappa shape index (κ2) is 9.60. The molecule has 1 saturated heterocycles. The van der Waals surface area contributed by atoms with Crippen molar-refractivity contribution in [2.75, 3.05) is 6.54 Å². The molecule has 2 heterocycles. The van der Waals surface area contributed by atoms with Crippen LogP contribution in [-0.4, -0.2) is 20.9 Å². The van der Waals surface area contributed by atoms with Crippen molar-refractivity contribution in [1.29, 1.82) is 0 Å². The minimum Gasteiger partial charge on any atom is -0.343 e. The van der Waals surface area contributed by atoms with E-state index in [2.05, 4.69) is 46.9 Å². The van der Waals surface area contributed by atoms with E-state index in [-0.39, 0.29) is 22.5 Å². The van der Waals surface area contributed by atoms with Gasteiger partial charge in [0.25, 0.3) is 5.69 Å². The zero-order chi connectivity index (χ0) is 26.7. The van der Waals surface area contributed by atoms with Crippen molar-refractivity contribution >= 4 is 16.6 Å². The predicted octanol–water partition coefficient (Wildman–Crippen LogP) is 7.59. The van der Waals surface area contributed by atoms with Crippen LogP contribution in [0, 0.1) is 45.5 Å². The maximum atomic E-state index is 14.7. The Morgan fingerprint density at radius 2 is 1.69 bits per heavy atom. The number of aromatic nitrogens is 1. The van der Waals surface area contributed by atoms with Gasteiger partial charge in [0.1, 0.15) is 5.82 Å². The van der Waals surface area contributed by atoms with Crippen molar-refractivity contribution in [3.05, 3.63) is 112 Å². The number of nitro groups is 1. The fourth-order valence-electron chi connectivity index (χ4n) is 8.52. The molecule has 2 saturated carbocycles. The number of likely N-dealkylation sites (tertiary alicyclic amines) is 1. The highest BCUT2D eigenvalue weighted by Crippen LogP contribution is 2.60. The molecule has 2 aliphatic carbocycles. The quantitative estimate of drug-likeness (QED) is 0.193. The summed E-state index contributed by atoms with van der Waals surface area (Å²) < 4.78 is 17.0. The average Bonchev–Trinajstić information content (AvgIpc) is 3.64. The van der Waals surface area contributed by atoms with Crippen LogP contribution in [-0.2, 0) is 13.1 Å². The third-order valence-electron chi connectivity index (χ3n) is 10.0. The lowest BCUT2D eigenvalue weighted by Gasteiger charge is -2.50. The van der Waals surface area contributed by atoms with E-state index in [1.165, 1.54) is 30.4 Å². The van der Waals surface area contributed by atoms with Gasteiger partial charge in [-0.3, -0.25) is 15.0 Å². The summed E-state index contributed by atoms with van der Waals surface area (Å²) in [5.41, 5.74) is 4.69. The topological polar surface area (TPSA) is 51.3 Å². The van der Waals surface area contributed by atoms with Gasteiger partial charge in [-0.15, -0.1) is 0 Å². The first-order valence-electron chi connectivity index (χ1n) is 14.3. The molecule has 0 amide bonds. The molecule has 4 aromatic rings. The van der Waals surface area contributed by atoms with Crippen LogP contribution in [0.2, 0.25) is 0 Å². The molecule has 0 unspecified atom stereocenters. The monoisotopic (exact) mass is 523 g/mol. The summed E-state index contributed by atoms with van der Waals surface area (Å²) in [4.78, 5) is 13.5. The van der Waals surface area contributed by atoms with Gasteiger partial charge in [-0.2, -0.15) is 0 Å².